The maximum absolute atomic E-state index is 6.27. The molecule has 2 aliphatic heterocycles. The van der Waals surface area contributed by atoms with Gasteiger partial charge in [-0.3, -0.25) is 5.01 Å². The second kappa shape index (κ2) is 6.25. The molecule has 0 aliphatic carbocycles. The van der Waals surface area contributed by atoms with Crippen molar-refractivity contribution in [3.63, 3.8) is 0 Å². The van der Waals surface area contributed by atoms with E-state index in [1.165, 1.54) is 11.1 Å². The Kier molecular flexibility index (Phi) is 4.09. The van der Waals surface area contributed by atoms with Gasteiger partial charge in [0, 0.05) is 22.9 Å². The molecule has 4 rings (SSSR count). The summed E-state index contributed by atoms with van der Waals surface area (Å²) in [5, 5.41) is 7.14. The minimum atomic E-state index is 0.00885. The average molecular weight is 385 g/mol. The number of halogens is 1. The molecule has 2 aliphatic rings. The lowest BCUT2D eigenvalue weighted by molar-refractivity contribution is -0.0291. The van der Waals surface area contributed by atoms with Gasteiger partial charge in [0.2, 0.25) is 0 Å². The Bertz CT molecular complexity index is 787. The van der Waals surface area contributed by atoms with Crippen LogP contribution in [0.5, 0.6) is 5.75 Å². The third-order valence-electron chi connectivity index (χ3n) is 4.61. The Morgan fingerprint density at radius 1 is 1.21 bits per heavy atom. The lowest BCUT2D eigenvalue weighted by atomic mass is 9.96. The van der Waals surface area contributed by atoms with Crippen LogP contribution in [0.25, 0.3) is 0 Å². The molecule has 2 atom stereocenters. The molecule has 0 saturated heterocycles. The average Bonchev–Trinajstić information content (AvgIpc) is 3.00. The summed E-state index contributed by atoms with van der Waals surface area (Å²) >= 11 is 3.56. The first-order valence-corrected chi connectivity index (χ1v) is 9.28. The van der Waals surface area contributed by atoms with E-state index >= 15 is 0 Å². The highest BCUT2D eigenvalue weighted by atomic mass is 79.9. The van der Waals surface area contributed by atoms with Crippen LogP contribution in [0.1, 0.15) is 43.9 Å². The summed E-state index contributed by atoms with van der Waals surface area (Å²) in [5.41, 5.74) is 3.56. The van der Waals surface area contributed by atoms with E-state index in [2.05, 4.69) is 71.2 Å². The van der Waals surface area contributed by atoms with Gasteiger partial charge < -0.3 is 4.74 Å². The van der Waals surface area contributed by atoms with Gasteiger partial charge in [-0.15, -0.1) is 0 Å². The van der Waals surface area contributed by atoms with E-state index in [1.807, 2.05) is 12.1 Å². The van der Waals surface area contributed by atoms with Crippen LogP contribution in [0.4, 0.5) is 0 Å². The van der Waals surface area contributed by atoms with Crippen molar-refractivity contribution in [2.75, 3.05) is 0 Å². The van der Waals surface area contributed by atoms with E-state index in [9.17, 15) is 0 Å². The van der Waals surface area contributed by atoms with Gasteiger partial charge in [0.25, 0.3) is 0 Å². The van der Waals surface area contributed by atoms with E-state index in [1.54, 1.807) is 0 Å². The van der Waals surface area contributed by atoms with Crippen LogP contribution < -0.4 is 4.74 Å². The van der Waals surface area contributed by atoms with Gasteiger partial charge in [0.1, 0.15) is 5.75 Å². The van der Waals surface area contributed by atoms with E-state index < -0.39 is 0 Å². The Balaban J connectivity index is 1.72. The molecule has 2 aromatic carbocycles. The zero-order valence-corrected chi connectivity index (χ0v) is 15.5. The quantitative estimate of drug-likeness (QED) is 0.710. The number of hydrogen-bond donors (Lipinski definition) is 0. The third-order valence-corrected chi connectivity index (χ3v) is 5.10. The normalized spacial score (nSPS) is 22.0. The number of hydrogen-bond acceptors (Lipinski definition) is 3. The minimum absolute atomic E-state index is 0.00885. The molecule has 4 heteroatoms. The molecule has 0 amide bonds. The number of hydrazone groups is 1. The highest BCUT2D eigenvalue weighted by Gasteiger charge is 2.40. The molecule has 0 N–H and O–H groups in total. The number of fused-ring (bicyclic) bond motifs is 3. The molecule has 2 aromatic rings. The molecule has 0 radical (unpaired) electrons. The fourth-order valence-corrected chi connectivity index (χ4v) is 3.91. The van der Waals surface area contributed by atoms with Crippen molar-refractivity contribution in [2.45, 2.75) is 39.0 Å². The predicted molar refractivity (Wildman–Crippen MR) is 100 cm³/mol. The van der Waals surface area contributed by atoms with Gasteiger partial charge in [0.15, 0.2) is 6.23 Å². The van der Waals surface area contributed by atoms with Crippen LogP contribution in [0.2, 0.25) is 0 Å². The van der Waals surface area contributed by atoms with E-state index in [-0.39, 0.29) is 12.3 Å². The smallest absolute Gasteiger partial charge is 0.188 e. The monoisotopic (exact) mass is 384 g/mol. The summed E-state index contributed by atoms with van der Waals surface area (Å²) in [7, 11) is 0. The predicted octanol–water partition coefficient (Wildman–Crippen LogP) is 5.36. The molecule has 3 nitrogen and oxygen atoms in total. The van der Waals surface area contributed by atoms with Crippen molar-refractivity contribution in [1.82, 2.24) is 5.01 Å². The maximum Gasteiger partial charge on any atom is 0.188 e. The Morgan fingerprint density at radius 2 is 2.04 bits per heavy atom. The van der Waals surface area contributed by atoms with Gasteiger partial charge in [-0.05, 0) is 29.7 Å². The summed E-state index contributed by atoms with van der Waals surface area (Å²) in [6, 6.07) is 17.0. The highest BCUT2D eigenvalue weighted by Crippen LogP contribution is 2.44. The standard InChI is InChI=1S/C20H21BrN2O/c1-13(2)10-20-23-18(16-8-3-4-9-19(16)24-20)12-17(22-23)14-6-5-7-15(21)11-14/h3-9,11,13,18,20H,10,12H2,1-2H3. The summed E-state index contributed by atoms with van der Waals surface area (Å²) in [4.78, 5) is 0. The molecule has 0 saturated carbocycles. The van der Waals surface area contributed by atoms with Crippen molar-refractivity contribution in [3.05, 3.63) is 64.1 Å². The summed E-state index contributed by atoms with van der Waals surface area (Å²) in [5.74, 6) is 1.57. The zero-order chi connectivity index (χ0) is 16.7. The van der Waals surface area contributed by atoms with Crippen molar-refractivity contribution in [3.8, 4) is 5.75 Å². The number of nitrogens with zero attached hydrogens (tertiary/aromatic N) is 2. The molecule has 0 bridgehead atoms. The van der Waals surface area contributed by atoms with E-state index in [0.29, 0.717) is 5.92 Å². The van der Waals surface area contributed by atoms with Crippen LogP contribution in [0.3, 0.4) is 0 Å². The lowest BCUT2D eigenvalue weighted by Crippen LogP contribution is -2.41. The van der Waals surface area contributed by atoms with Crippen LogP contribution in [0.15, 0.2) is 58.1 Å². The molecule has 124 valence electrons. The number of ether oxygens (including phenoxy) is 1. The molecule has 2 unspecified atom stereocenters. The molecular formula is C20H21BrN2O. The number of para-hydroxylation sites is 1. The third kappa shape index (κ3) is 2.84. The van der Waals surface area contributed by atoms with Gasteiger partial charge in [-0.2, -0.15) is 5.10 Å². The van der Waals surface area contributed by atoms with Crippen molar-refractivity contribution in [2.24, 2.45) is 11.0 Å². The molecule has 0 fully saturated rings. The molecule has 0 spiro atoms. The van der Waals surface area contributed by atoms with Crippen molar-refractivity contribution < 1.29 is 4.74 Å². The summed E-state index contributed by atoms with van der Waals surface area (Å²) in [6.45, 7) is 4.46. The van der Waals surface area contributed by atoms with Gasteiger partial charge in [0.05, 0.1) is 11.8 Å². The Hall–Kier alpha value is -1.81. The maximum atomic E-state index is 6.27. The van der Waals surface area contributed by atoms with Gasteiger partial charge in [-0.1, -0.05) is 60.1 Å². The fourth-order valence-electron chi connectivity index (χ4n) is 3.51. The van der Waals surface area contributed by atoms with E-state index in [4.69, 9.17) is 9.84 Å². The van der Waals surface area contributed by atoms with Crippen LogP contribution >= 0.6 is 15.9 Å². The first-order valence-electron chi connectivity index (χ1n) is 8.49. The second-order valence-corrected chi connectivity index (χ2v) is 7.81. The largest absolute Gasteiger partial charge is 0.469 e. The van der Waals surface area contributed by atoms with E-state index in [0.717, 1.165) is 28.8 Å². The van der Waals surface area contributed by atoms with Crippen molar-refractivity contribution in [1.29, 1.82) is 0 Å². The van der Waals surface area contributed by atoms with Crippen molar-refractivity contribution >= 4 is 21.6 Å². The first kappa shape index (κ1) is 15.7. The molecule has 24 heavy (non-hydrogen) atoms. The Labute approximate surface area is 151 Å². The zero-order valence-electron chi connectivity index (χ0n) is 13.9. The molecule has 2 heterocycles. The second-order valence-electron chi connectivity index (χ2n) is 6.90. The summed E-state index contributed by atoms with van der Waals surface area (Å²) in [6.07, 6.45) is 1.90. The first-order chi connectivity index (χ1) is 11.6. The highest BCUT2D eigenvalue weighted by molar-refractivity contribution is 9.10. The Morgan fingerprint density at radius 3 is 2.83 bits per heavy atom. The topological polar surface area (TPSA) is 24.8 Å². The lowest BCUT2D eigenvalue weighted by Gasteiger charge is -2.38. The summed E-state index contributed by atoms with van der Waals surface area (Å²) < 4.78 is 7.36. The number of rotatable bonds is 3. The molecule has 0 aromatic heterocycles. The molecular weight excluding hydrogens is 364 g/mol. The SMILES string of the molecule is CC(C)CC1Oc2ccccc2C2CC(c3cccc(Br)c3)=NN12. The fraction of sp³-hybridized carbons (Fsp3) is 0.350. The van der Waals surface area contributed by atoms with Crippen LogP contribution in [0, 0.1) is 5.92 Å². The number of benzene rings is 2. The van der Waals surface area contributed by atoms with Crippen LogP contribution in [-0.4, -0.2) is 16.9 Å². The van der Waals surface area contributed by atoms with Gasteiger partial charge >= 0.3 is 0 Å². The van der Waals surface area contributed by atoms with Gasteiger partial charge in [-0.25, -0.2) is 0 Å². The minimum Gasteiger partial charge on any atom is -0.469 e. The van der Waals surface area contributed by atoms with Crippen LogP contribution in [-0.2, 0) is 0 Å².